The van der Waals surface area contributed by atoms with Gasteiger partial charge in [0, 0.05) is 32.0 Å². The normalized spacial score (nSPS) is 30.7. The van der Waals surface area contributed by atoms with Crippen molar-refractivity contribution < 1.29 is 9.53 Å². The molecule has 4 heteroatoms. The van der Waals surface area contributed by atoms with Crippen LogP contribution in [0.15, 0.2) is 0 Å². The maximum atomic E-state index is 11.8. The molecule has 0 bridgehead atoms. The number of ether oxygens (including phenoxy) is 1. The number of alkyl halides is 1. The summed E-state index contributed by atoms with van der Waals surface area (Å²) in [6, 6.07) is 0. The van der Waals surface area contributed by atoms with E-state index in [4.69, 9.17) is 16.3 Å². The van der Waals surface area contributed by atoms with Gasteiger partial charge in [0.2, 0.25) is 5.91 Å². The second kappa shape index (κ2) is 5.37. The van der Waals surface area contributed by atoms with Crippen LogP contribution in [0.1, 0.15) is 38.5 Å². The highest BCUT2D eigenvalue weighted by molar-refractivity contribution is 6.18. The molecule has 2 heterocycles. The number of rotatable bonds is 2. The van der Waals surface area contributed by atoms with Gasteiger partial charge >= 0.3 is 0 Å². The Hall–Kier alpha value is -0.280. The van der Waals surface area contributed by atoms with Gasteiger partial charge in [0.15, 0.2) is 0 Å². The molecule has 1 unspecified atom stereocenters. The number of piperidine rings is 1. The van der Waals surface area contributed by atoms with E-state index in [1.807, 2.05) is 4.90 Å². The van der Waals surface area contributed by atoms with Crippen molar-refractivity contribution in [3.63, 3.8) is 0 Å². The Morgan fingerprint density at radius 2 is 2.12 bits per heavy atom. The summed E-state index contributed by atoms with van der Waals surface area (Å²) in [7, 11) is 0. The van der Waals surface area contributed by atoms with Crippen LogP contribution < -0.4 is 0 Å². The predicted molar refractivity (Wildman–Crippen MR) is 63.7 cm³/mol. The third-order valence-electron chi connectivity index (χ3n) is 3.64. The summed E-state index contributed by atoms with van der Waals surface area (Å²) < 4.78 is 5.94. The lowest BCUT2D eigenvalue weighted by Gasteiger charge is -2.44. The van der Waals surface area contributed by atoms with E-state index in [-0.39, 0.29) is 11.5 Å². The molecule has 1 amide bonds. The van der Waals surface area contributed by atoms with Gasteiger partial charge in [-0.1, -0.05) is 0 Å². The Balaban J connectivity index is 1.94. The van der Waals surface area contributed by atoms with Crippen LogP contribution >= 0.6 is 11.6 Å². The molecule has 3 nitrogen and oxygen atoms in total. The van der Waals surface area contributed by atoms with Crippen molar-refractivity contribution in [3.05, 3.63) is 0 Å². The molecule has 2 aliphatic rings. The molecule has 2 fully saturated rings. The number of halogens is 1. The van der Waals surface area contributed by atoms with Crippen molar-refractivity contribution in [1.29, 1.82) is 0 Å². The van der Waals surface area contributed by atoms with E-state index in [1.54, 1.807) is 0 Å². The van der Waals surface area contributed by atoms with E-state index in [0.29, 0.717) is 12.3 Å². The van der Waals surface area contributed by atoms with Gasteiger partial charge in [-0.15, -0.1) is 11.6 Å². The molecule has 92 valence electrons. The zero-order chi connectivity index (χ0) is 11.4. The van der Waals surface area contributed by atoms with Crippen LogP contribution in [-0.2, 0) is 9.53 Å². The van der Waals surface area contributed by atoms with Crippen LogP contribution in [0, 0.1) is 0 Å². The van der Waals surface area contributed by atoms with Crippen molar-refractivity contribution in [2.75, 3.05) is 25.6 Å². The largest absolute Gasteiger partial charge is 0.373 e. The average Bonchev–Trinajstić information content (AvgIpc) is 2.30. The lowest BCUT2D eigenvalue weighted by Crippen LogP contribution is -2.53. The molecule has 2 aliphatic heterocycles. The number of amides is 1. The van der Waals surface area contributed by atoms with Crippen molar-refractivity contribution >= 4 is 17.5 Å². The van der Waals surface area contributed by atoms with Crippen LogP contribution in [0.4, 0.5) is 0 Å². The predicted octanol–water partition coefficient (Wildman–Crippen LogP) is 2.18. The average molecular weight is 246 g/mol. The second-order valence-electron chi connectivity index (χ2n) is 4.85. The van der Waals surface area contributed by atoms with Gasteiger partial charge < -0.3 is 9.64 Å². The molecule has 1 atom stereocenters. The Labute approximate surface area is 102 Å². The summed E-state index contributed by atoms with van der Waals surface area (Å²) in [6.45, 7) is 2.51. The Morgan fingerprint density at radius 1 is 1.31 bits per heavy atom. The first-order valence-corrected chi connectivity index (χ1v) is 6.77. The maximum absolute atomic E-state index is 11.8. The van der Waals surface area contributed by atoms with E-state index in [9.17, 15) is 4.79 Å². The number of carbonyl (C=O) groups is 1. The minimum absolute atomic E-state index is 0.0293. The van der Waals surface area contributed by atoms with Gasteiger partial charge in [-0.05, 0) is 32.1 Å². The van der Waals surface area contributed by atoms with Gasteiger partial charge in [-0.25, -0.2) is 0 Å². The molecular weight excluding hydrogens is 226 g/mol. The second-order valence-corrected chi connectivity index (χ2v) is 5.22. The minimum Gasteiger partial charge on any atom is -0.373 e. The van der Waals surface area contributed by atoms with E-state index < -0.39 is 0 Å². The minimum atomic E-state index is -0.0293. The summed E-state index contributed by atoms with van der Waals surface area (Å²) in [6.07, 6.45) is 6.13. The summed E-state index contributed by atoms with van der Waals surface area (Å²) in [5.74, 6) is 0.603. The lowest BCUT2D eigenvalue weighted by atomic mass is 9.85. The molecule has 2 rings (SSSR count). The zero-order valence-corrected chi connectivity index (χ0v) is 10.5. The molecule has 0 N–H and O–H groups in total. The van der Waals surface area contributed by atoms with Gasteiger partial charge in [-0.3, -0.25) is 4.79 Å². The zero-order valence-electron chi connectivity index (χ0n) is 9.71. The topological polar surface area (TPSA) is 29.5 Å². The first-order chi connectivity index (χ1) is 7.76. The summed E-state index contributed by atoms with van der Waals surface area (Å²) in [4.78, 5) is 13.8. The molecular formula is C12H20ClNO2. The number of nitrogens with zero attached hydrogens (tertiary/aromatic N) is 1. The molecule has 16 heavy (non-hydrogen) atoms. The van der Waals surface area contributed by atoms with Crippen LogP contribution in [-0.4, -0.2) is 42.0 Å². The Morgan fingerprint density at radius 3 is 2.81 bits per heavy atom. The molecule has 2 saturated heterocycles. The SMILES string of the molecule is O=C(CCCl)N1CCCC2(CCCCO2)C1. The third-order valence-corrected chi connectivity index (χ3v) is 3.82. The molecule has 0 aliphatic carbocycles. The summed E-state index contributed by atoms with van der Waals surface area (Å²) in [5.41, 5.74) is -0.0293. The van der Waals surface area contributed by atoms with Crippen LogP contribution in [0.25, 0.3) is 0 Å². The number of hydrogen-bond donors (Lipinski definition) is 0. The molecule has 1 spiro atoms. The molecule has 0 aromatic rings. The molecule has 0 radical (unpaired) electrons. The highest BCUT2D eigenvalue weighted by atomic mass is 35.5. The fraction of sp³-hybridized carbons (Fsp3) is 0.917. The Kier molecular flexibility index (Phi) is 4.09. The molecule has 0 saturated carbocycles. The van der Waals surface area contributed by atoms with Gasteiger partial charge in [0.1, 0.15) is 0 Å². The van der Waals surface area contributed by atoms with E-state index in [2.05, 4.69) is 0 Å². The molecule has 0 aromatic heterocycles. The van der Waals surface area contributed by atoms with Crippen LogP contribution in [0.3, 0.4) is 0 Å². The lowest BCUT2D eigenvalue weighted by molar-refractivity contribution is -0.148. The third kappa shape index (κ3) is 2.69. The summed E-state index contributed by atoms with van der Waals surface area (Å²) in [5, 5.41) is 0. The fourth-order valence-electron chi connectivity index (χ4n) is 2.78. The number of likely N-dealkylation sites (tertiary alicyclic amines) is 1. The van der Waals surface area contributed by atoms with Crippen molar-refractivity contribution in [2.24, 2.45) is 0 Å². The van der Waals surface area contributed by atoms with E-state index in [0.717, 1.165) is 45.4 Å². The highest BCUT2D eigenvalue weighted by Gasteiger charge is 2.38. The van der Waals surface area contributed by atoms with Crippen molar-refractivity contribution in [3.8, 4) is 0 Å². The fourth-order valence-corrected chi connectivity index (χ4v) is 2.94. The number of hydrogen-bond acceptors (Lipinski definition) is 2. The smallest absolute Gasteiger partial charge is 0.223 e. The van der Waals surface area contributed by atoms with Crippen LogP contribution in [0.2, 0.25) is 0 Å². The first-order valence-electron chi connectivity index (χ1n) is 6.23. The highest BCUT2D eigenvalue weighted by Crippen LogP contribution is 2.33. The summed E-state index contributed by atoms with van der Waals surface area (Å²) >= 11 is 5.61. The Bertz CT molecular complexity index is 246. The van der Waals surface area contributed by atoms with E-state index in [1.165, 1.54) is 6.42 Å². The van der Waals surface area contributed by atoms with Gasteiger partial charge in [0.05, 0.1) is 5.60 Å². The number of carbonyl (C=O) groups excluding carboxylic acids is 1. The van der Waals surface area contributed by atoms with Crippen molar-refractivity contribution in [2.45, 2.75) is 44.1 Å². The standard InChI is InChI=1S/C12H20ClNO2/c13-7-4-11(15)14-8-3-6-12(10-14)5-1-2-9-16-12/h1-10H2. The van der Waals surface area contributed by atoms with E-state index >= 15 is 0 Å². The van der Waals surface area contributed by atoms with Crippen LogP contribution in [0.5, 0.6) is 0 Å². The van der Waals surface area contributed by atoms with Gasteiger partial charge in [-0.2, -0.15) is 0 Å². The maximum Gasteiger partial charge on any atom is 0.223 e. The first kappa shape index (κ1) is 12.2. The monoisotopic (exact) mass is 245 g/mol. The molecule has 0 aromatic carbocycles. The quantitative estimate of drug-likeness (QED) is 0.698. The van der Waals surface area contributed by atoms with Crippen molar-refractivity contribution in [1.82, 2.24) is 4.90 Å². The van der Waals surface area contributed by atoms with Gasteiger partial charge in [0.25, 0.3) is 0 Å².